The Morgan fingerprint density at radius 2 is 2.07 bits per heavy atom. The van der Waals surface area contributed by atoms with E-state index in [0.29, 0.717) is 11.3 Å². The monoisotopic (exact) mass is 418 g/mol. The molecule has 1 fully saturated rings. The maximum atomic E-state index is 13.1. The van der Waals surface area contributed by atoms with Crippen LogP contribution in [0.2, 0.25) is 0 Å². The molecule has 1 saturated heterocycles. The molecular formula is C22H30N2O6. The molecule has 164 valence electrons. The molecule has 2 heterocycles. The number of carbonyl (C=O) groups excluding carboxylic acids is 2. The molecule has 2 atom stereocenters. The van der Waals surface area contributed by atoms with Gasteiger partial charge in [-0.3, -0.25) is 9.69 Å². The Kier molecular flexibility index (Phi) is 6.21. The summed E-state index contributed by atoms with van der Waals surface area (Å²) in [6.07, 6.45) is -0.396. The van der Waals surface area contributed by atoms with Gasteiger partial charge in [0.05, 0.1) is 18.3 Å². The van der Waals surface area contributed by atoms with Crippen molar-refractivity contribution in [2.45, 2.75) is 58.1 Å². The number of nitrogens with zero attached hydrogens (tertiary/aromatic N) is 1. The average molecular weight is 418 g/mol. The first-order valence-electron chi connectivity index (χ1n) is 9.91. The van der Waals surface area contributed by atoms with Crippen molar-refractivity contribution in [3.8, 4) is 0 Å². The minimum atomic E-state index is -0.908. The van der Waals surface area contributed by atoms with Gasteiger partial charge in [0, 0.05) is 23.6 Å². The van der Waals surface area contributed by atoms with Gasteiger partial charge in [-0.15, -0.1) is 0 Å². The number of methoxy groups -OCH3 is 1. The van der Waals surface area contributed by atoms with Crippen molar-refractivity contribution in [1.82, 2.24) is 9.88 Å². The largest absolute Gasteiger partial charge is 0.444 e. The molecule has 3 rings (SSSR count). The molecule has 1 N–H and O–H groups in total. The lowest BCUT2D eigenvalue weighted by molar-refractivity contribution is -0.106. The van der Waals surface area contributed by atoms with Gasteiger partial charge in [0.2, 0.25) is 0 Å². The maximum Gasteiger partial charge on any atom is 0.413 e. The molecule has 1 aromatic heterocycles. The van der Waals surface area contributed by atoms with Crippen LogP contribution >= 0.6 is 0 Å². The lowest BCUT2D eigenvalue weighted by Gasteiger charge is -2.37. The average Bonchev–Trinajstić information content (AvgIpc) is 3.17. The molecule has 0 saturated carbocycles. The van der Waals surface area contributed by atoms with Crippen LogP contribution in [0.1, 0.15) is 56.8 Å². The van der Waals surface area contributed by atoms with Crippen molar-refractivity contribution in [1.29, 1.82) is 0 Å². The van der Waals surface area contributed by atoms with Crippen LogP contribution in [-0.4, -0.2) is 60.1 Å². The summed E-state index contributed by atoms with van der Waals surface area (Å²) in [7, 11) is 1.52. The van der Waals surface area contributed by atoms with Gasteiger partial charge >= 0.3 is 6.09 Å². The third-order valence-corrected chi connectivity index (χ3v) is 5.00. The van der Waals surface area contributed by atoms with Crippen LogP contribution in [-0.2, 0) is 18.9 Å². The van der Waals surface area contributed by atoms with Crippen molar-refractivity contribution in [2.24, 2.45) is 0 Å². The predicted molar refractivity (Wildman–Crippen MR) is 111 cm³/mol. The highest BCUT2D eigenvalue weighted by Gasteiger charge is 2.50. The van der Waals surface area contributed by atoms with Gasteiger partial charge in [0.25, 0.3) is 0 Å². The van der Waals surface area contributed by atoms with E-state index in [0.717, 1.165) is 17.2 Å². The van der Waals surface area contributed by atoms with Crippen LogP contribution < -0.4 is 0 Å². The number of para-hydroxylation sites is 1. The number of hydrogen-bond donors (Lipinski definition) is 1. The zero-order valence-corrected chi connectivity index (χ0v) is 18.4. The van der Waals surface area contributed by atoms with E-state index in [4.69, 9.17) is 18.9 Å². The summed E-state index contributed by atoms with van der Waals surface area (Å²) in [5.41, 5.74) is 0.291. The number of amides is 1. The second kappa shape index (κ2) is 8.37. The number of aromatic nitrogens is 1. The number of nitrogens with one attached hydrogen (secondary N) is 1. The minimum absolute atomic E-state index is 0.0165. The molecule has 1 amide bonds. The van der Waals surface area contributed by atoms with E-state index in [2.05, 4.69) is 4.98 Å². The Labute approximate surface area is 176 Å². The number of carbonyl (C=O) groups is 2. The van der Waals surface area contributed by atoms with E-state index in [1.165, 1.54) is 7.11 Å². The number of fused-ring (bicyclic) bond motifs is 1. The quantitative estimate of drug-likeness (QED) is 0.563. The maximum absolute atomic E-state index is 13.1. The second-order valence-electron chi connectivity index (χ2n) is 8.79. The van der Waals surface area contributed by atoms with Crippen LogP contribution in [0, 0.1) is 0 Å². The summed E-state index contributed by atoms with van der Waals surface area (Å²) < 4.78 is 22.7. The van der Waals surface area contributed by atoms with Gasteiger partial charge in [0.15, 0.2) is 6.29 Å². The van der Waals surface area contributed by atoms with Crippen LogP contribution in [0.25, 0.3) is 10.9 Å². The van der Waals surface area contributed by atoms with Gasteiger partial charge < -0.3 is 23.9 Å². The van der Waals surface area contributed by atoms with Crippen LogP contribution in [0.4, 0.5) is 4.79 Å². The molecule has 1 aliphatic heterocycles. The number of hydrogen-bond acceptors (Lipinski definition) is 6. The van der Waals surface area contributed by atoms with Gasteiger partial charge in [-0.05, 0) is 40.7 Å². The van der Waals surface area contributed by atoms with E-state index in [1.54, 1.807) is 18.7 Å². The first kappa shape index (κ1) is 22.3. The number of aromatic amines is 1. The Morgan fingerprint density at radius 3 is 2.70 bits per heavy atom. The molecular weight excluding hydrogens is 388 g/mol. The third kappa shape index (κ3) is 4.35. The molecule has 0 aliphatic carbocycles. The van der Waals surface area contributed by atoms with Gasteiger partial charge in [0.1, 0.15) is 24.2 Å². The molecule has 8 heteroatoms. The Balaban J connectivity index is 2.06. The summed E-state index contributed by atoms with van der Waals surface area (Å²) in [6.45, 7) is 9.23. The summed E-state index contributed by atoms with van der Waals surface area (Å²) in [6, 6.07) is 6.98. The Morgan fingerprint density at radius 1 is 1.37 bits per heavy atom. The van der Waals surface area contributed by atoms with Crippen molar-refractivity contribution in [3.63, 3.8) is 0 Å². The smallest absolute Gasteiger partial charge is 0.413 e. The Hall–Kier alpha value is -2.42. The molecule has 1 aromatic carbocycles. The van der Waals surface area contributed by atoms with Crippen molar-refractivity contribution < 1.29 is 28.5 Å². The van der Waals surface area contributed by atoms with Gasteiger partial charge in [-0.2, -0.15) is 0 Å². The van der Waals surface area contributed by atoms with E-state index < -0.39 is 29.6 Å². The summed E-state index contributed by atoms with van der Waals surface area (Å²) in [4.78, 5) is 29.9. The molecule has 2 aromatic rings. The highest BCUT2D eigenvalue weighted by molar-refractivity contribution is 5.99. The fourth-order valence-electron chi connectivity index (χ4n) is 3.79. The molecule has 30 heavy (non-hydrogen) atoms. The van der Waals surface area contributed by atoms with E-state index in [9.17, 15) is 9.59 Å². The first-order valence-corrected chi connectivity index (χ1v) is 9.91. The molecule has 0 radical (unpaired) electrons. The molecule has 0 unspecified atom stereocenters. The summed E-state index contributed by atoms with van der Waals surface area (Å²) in [5.74, 6) is 0. The topological polar surface area (TPSA) is 90.1 Å². The number of rotatable bonds is 6. The van der Waals surface area contributed by atoms with Crippen LogP contribution in [0.15, 0.2) is 24.3 Å². The van der Waals surface area contributed by atoms with E-state index >= 15 is 0 Å². The van der Waals surface area contributed by atoms with Crippen LogP contribution in [0.5, 0.6) is 0 Å². The first-order chi connectivity index (χ1) is 14.1. The zero-order valence-electron chi connectivity index (χ0n) is 18.4. The van der Waals surface area contributed by atoms with Gasteiger partial charge in [-0.25, -0.2) is 4.79 Å². The lowest BCUT2D eigenvalue weighted by atomic mass is 10.0. The predicted octanol–water partition coefficient (Wildman–Crippen LogP) is 4.01. The normalized spacial score (nSPS) is 19.8. The summed E-state index contributed by atoms with van der Waals surface area (Å²) >= 11 is 0. The highest BCUT2D eigenvalue weighted by atomic mass is 16.7. The SMILES string of the molecule is COCO[C@H](c1[nH]c2ccccc2c1C=O)[C@@H]1COC(C)(C)N1C(=O)OC(C)(C)C. The fourth-order valence-corrected chi connectivity index (χ4v) is 3.79. The van der Waals surface area contributed by atoms with E-state index in [-0.39, 0.29) is 13.4 Å². The Bertz CT molecular complexity index is 914. The zero-order chi connectivity index (χ0) is 22.1. The standard InChI is InChI=1S/C22H30N2O6/c1-21(2,3)30-20(26)24-17(12-29-22(24,4)5)19(28-13-27-6)18-15(11-25)14-9-7-8-10-16(14)23-18/h7-11,17,19,23H,12-13H2,1-6H3/t17-,19-/m0/s1. The van der Waals surface area contributed by atoms with Crippen molar-refractivity contribution in [3.05, 3.63) is 35.5 Å². The number of aldehydes is 1. The molecule has 8 nitrogen and oxygen atoms in total. The molecule has 0 spiro atoms. The molecule has 1 aliphatic rings. The van der Waals surface area contributed by atoms with Gasteiger partial charge in [-0.1, -0.05) is 18.2 Å². The fraction of sp³-hybridized carbons (Fsp3) is 0.545. The third-order valence-electron chi connectivity index (χ3n) is 5.00. The van der Waals surface area contributed by atoms with Crippen molar-refractivity contribution in [2.75, 3.05) is 20.5 Å². The number of benzene rings is 1. The van der Waals surface area contributed by atoms with Crippen molar-refractivity contribution >= 4 is 23.3 Å². The number of H-pyrrole nitrogens is 1. The van der Waals surface area contributed by atoms with Crippen LogP contribution in [0.3, 0.4) is 0 Å². The highest BCUT2D eigenvalue weighted by Crippen LogP contribution is 2.39. The number of ether oxygens (including phenoxy) is 4. The van der Waals surface area contributed by atoms with E-state index in [1.807, 2.05) is 45.0 Å². The lowest BCUT2D eigenvalue weighted by Crippen LogP contribution is -2.52. The molecule has 0 bridgehead atoms. The second-order valence-corrected chi connectivity index (χ2v) is 8.79. The minimum Gasteiger partial charge on any atom is -0.444 e. The summed E-state index contributed by atoms with van der Waals surface area (Å²) in [5, 5.41) is 0.788.